The van der Waals surface area contributed by atoms with Crippen LogP contribution in [0, 0.1) is 11.3 Å². The lowest BCUT2D eigenvalue weighted by atomic mass is 9.73. The van der Waals surface area contributed by atoms with E-state index >= 15 is 0 Å². The maximum Gasteiger partial charge on any atom is 0.416 e. The van der Waals surface area contributed by atoms with Crippen LogP contribution in [0.4, 0.5) is 13.2 Å². The van der Waals surface area contributed by atoms with Crippen LogP contribution in [0.25, 0.3) is 0 Å². The number of para-hydroxylation sites is 1. The number of hydrogen-bond acceptors (Lipinski definition) is 4. The van der Waals surface area contributed by atoms with Crippen molar-refractivity contribution in [2.45, 2.75) is 32.9 Å². The summed E-state index contributed by atoms with van der Waals surface area (Å²) in [5.74, 6) is -0.427. The number of amides is 1. The average molecular weight is 435 g/mol. The molecule has 0 bridgehead atoms. The summed E-state index contributed by atoms with van der Waals surface area (Å²) in [7, 11) is 0. The molecule has 0 N–H and O–H groups in total. The van der Waals surface area contributed by atoms with E-state index in [1.165, 1.54) is 12.1 Å². The lowest BCUT2D eigenvalue weighted by Crippen LogP contribution is -2.45. The van der Waals surface area contributed by atoms with Crippen molar-refractivity contribution in [2.24, 2.45) is 11.3 Å². The molecule has 0 spiro atoms. The molecule has 0 aliphatic carbocycles. The largest absolute Gasteiger partial charge is 0.416 e. The molecular weight excluding hydrogens is 411 g/mol. The van der Waals surface area contributed by atoms with Gasteiger partial charge in [0.2, 0.25) is 0 Å². The van der Waals surface area contributed by atoms with Gasteiger partial charge in [-0.2, -0.15) is 13.2 Å². The molecule has 8 heteroatoms. The van der Waals surface area contributed by atoms with Gasteiger partial charge in [0, 0.05) is 18.7 Å². The van der Waals surface area contributed by atoms with Crippen LogP contribution in [0.3, 0.4) is 0 Å². The Kier molecular flexibility index (Phi) is 6.57. The van der Waals surface area contributed by atoms with Gasteiger partial charge in [-0.05, 0) is 69.0 Å². The Hall–Kier alpha value is -3.03. The quantitative estimate of drug-likeness (QED) is 0.483. The smallest absolute Gasteiger partial charge is 0.339 e. The van der Waals surface area contributed by atoms with Gasteiger partial charge in [0.15, 0.2) is 5.75 Å². The van der Waals surface area contributed by atoms with E-state index in [-0.39, 0.29) is 17.4 Å². The summed E-state index contributed by atoms with van der Waals surface area (Å²) >= 11 is 0. The van der Waals surface area contributed by atoms with Crippen molar-refractivity contribution in [1.82, 2.24) is 4.90 Å². The molecule has 1 amide bonds. The Labute approximate surface area is 178 Å². The molecule has 31 heavy (non-hydrogen) atoms. The molecule has 5 nitrogen and oxygen atoms in total. The fourth-order valence-corrected chi connectivity index (χ4v) is 3.62. The first-order valence-corrected chi connectivity index (χ1v) is 9.99. The van der Waals surface area contributed by atoms with Gasteiger partial charge < -0.3 is 4.90 Å². The zero-order chi connectivity index (χ0) is 22.6. The summed E-state index contributed by atoms with van der Waals surface area (Å²) in [5, 5.41) is 0. The monoisotopic (exact) mass is 435 g/mol. The van der Waals surface area contributed by atoms with E-state index < -0.39 is 23.1 Å². The standard InChI is InChI=1S/C23H24F3NO4/c1-22(2,21(29)31-30-19-6-4-3-5-7-19)17-12-14-27(15-13-17)20(28)16-8-10-18(11-9-16)23(24,25)26/h3-11,17H,12-15H2,1-2H3. The van der Waals surface area contributed by atoms with Crippen molar-refractivity contribution in [1.29, 1.82) is 0 Å². The molecule has 3 rings (SSSR count). The summed E-state index contributed by atoms with van der Waals surface area (Å²) in [4.78, 5) is 36.9. The molecule has 0 radical (unpaired) electrons. The predicted molar refractivity (Wildman–Crippen MR) is 107 cm³/mol. The maximum atomic E-state index is 12.7. The van der Waals surface area contributed by atoms with Crippen molar-refractivity contribution in [3.63, 3.8) is 0 Å². The number of hydrogen-bond donors (Lipinski definition) is 0. The van der Waals surface area contributed by atoms with E-state index in [0.29, 0.717) is 31.7 Å². The minimum absolute atomic E-state index is 0.0315. The highest BCUT2D eigenvalue weighted by molar-refractivity contribution is 5.94. The molecule has 1 heterocycles. The van der Waals surface area contributed by atoms with Gasteiger partial charge >= 0.3 is 12.1 Å². The lowest BCUT2D eigenvalue weighted by Gasteiger charge is -2.38. The topological polar surface area (TPSA) is 55.8 Å². The van der Waals surface area contributed by atoms with E-state index in [0.717, 1.165) is 12.1 Å². The predicted octanol–water partition coefficient (Wildman–Crippen LogP) is 5.12. The maximum absolute atomic E-state index is 12.7. The van der Waals surface area contributed by atoms with Gasteiger partial charge in [0.25, 0.3) is 5.91 Å². The van der Waals surface area contributed by atoms with Crippen molar-refractivity contribution < 1.29 is 32.5 Å². The molecule has 2 aromatic carbocycles. The Morgan fingerprint density at radius 2 is 1.52 bits per heavy atom. The van der Waals surface area contributed by atoms with Crippen LogP contribution in [0.2, 0.25) is 0 Å². The van der Waals surface area contributed by atoms with Crippen LogP contribution >= 0.6 is 0 Å². The number of carbonyl (C=O) groups is 2. The molecule has 1 saturated heterocycles. The van der Waals surface area contributed by atoms with Crippen LogP contribution in [0.5, 0.6) is 5.75 Å². The van der Waals surface area contributed by atoms with Crippen molar-refractivity contribution in [3.05, 3.63) is 65.7 Å². The molecule has 166 valence electrons. The van der Waals surface area contributed by atoms with Gasteiger partial charge in [-0.15, -0.1) is 0 Å². The molecule has 1 fully saturated rings. The zero-order valence-electron chi connectivity index (χ0n) is 17.3. The zero-order valence-corrected chi connectivity index (χ0v) is 17.3. The van der Waals surface area contributed by atoms with Crippen LogP contribution in [-0.2, 0) is 15.9 Å². The van der Waals surface area contributed by atoms with E-state index in [2.05, 4.69) is 0 Å². The first-order valence-electron chi connectivity index (χ1n) is 9.99. The first-order chi connectivity index (χ1) is 14.6. The average Bonchev–Trinajstić information content (AvgIpc) is 2.77. The van der Waals surface area contributed by atoms with Crippen LogP contribution in [0.1, 0.15) is 42.6 Å². The Balaban J connectivity index is 1.55. The number of halogens is 3. The highest BCUT2D eigenvalue weighted by Crippen LogP contribution is 2.37. The summed E-state index contributed by atoms with van der Waals surface area (Å²) in [6.45, 7) is 4.37. The third-order valence-corrected chi connectivity index (χ3v) is 5.74. The molecular formula is C23H24F3NO4. The summed E-state index contributed by atoms with van der Waals surface area (Å²) < 4.78 is 38.1. The van der Waals surface area contributed by atoms with E-state index in [1.54, 1.807) is 43.0 Å². The minimum Gasteiger partial charge on any atom is -0.339 e. The number of likely N-dealkylation sites (tertiary alicyclic amines) is 1. The highest BCUT2D eigenvalue weighted by atomic mass is 19.4. The third-order valence-electron chi connectivity index (χ3n) is 5.74. The second-order valence-electron chi connectivity index (χ2n) is 8.13. The molecule has 1 aliphatic heterocycles. The number of benzene rings is 2. The van der Waals surface area contributed by atoms with Gasteiger partial charge in [-0.25, -0.2) is 9.68 Å². The normalized spacial score (nSPS) is 15.5. The van der Waals surface area contributed by atoms with Crippen molar-refractivity contribution >= 4 is 11.9 Å². The minimum atomic E-state index is -4.44. The summed E-state index contributed by atoms with van der Waals surface area (Å²) in [6.07, 6.45) is -3.30. The Morgan fingerprint density at radius 1 is 0.935 bits per heavy atom. The van der Waals surface area contributed by atoms with Crippen LogP contribution < -0.4 is 4.89 Å². The summed E-state index contributed by atoms with van der Waals surface area (Å²) in [6, 6.07) is 12.9. The van der Waals surface area contributed by atoms with Gasteiger partial charge in [-0.3, -0.25) is 9.68 Å². The molecule has 0 saturated carbocycles. The van der Waals surface area contributed by atoms with E-state index in [1.807, 2.05) is 6.07 Å². The van der Waals surface area contributed by atoms with E-state index in [4.69, 9.17) is 9.78 Å². The molecule has 2 aromatic rings. The number of rotatable bonds is 5. The number of carbonyl (C=O) groups excluding carboxylic acids is 2. The van der Waals surface area contributed by atoms with Crippen LogP contribution in [-0.4, -0.2) is 29.9 Å². The fourth-order valence-electron chi connectivity index (χ4n) is 3.62. The van der Waals surface area contributed by atoms with Gasteiger partial charge in [-0.1, -0.05) is 18.2 Å². The first kappa shape index (κ1) is 22.7. The third kappa shape index (κ3) is 5.37. The SMILES string of the molecule is CC(C)(C(=O)OOc1ccccc1)C1CCN(C(=O)c2ccc(C(F)(F)F)cc2)CC1. The van der Waals surface area contributed by atoms with Crippen LogP contribution in [0.15, 0.2) is 54.6 Å². The molecule has 0 unspecified atom stereocenters. The van der Waals surface area contributed by atoms with Crippen molar-refractivity contribution in [2.75, 3.05) is 13.1 Å². The molecule has 0 atom stereocenters. The van der Waals surface area contributed by atoms with Gasteiger partial charge in [0.05, 0.1) is 11.0 Å². The molecule has 0 aromatic heterocycles. The number of alkyl halides is 3. The fraction of sp³-hybridized carbons (Fsp3) is 0.391. The van der Waals surface area contributed by atoms with E-state index in [9.17, 15) is 22.8 Å². The number of nitrogens with zero attached hydrogens (tertiary/aromatic N) is 1. The van der Waals surface area contributed by atoms with Gasteiger partial charge in [0.1, 0.15) is 0 Å². The number of piperidine rings is 1. The Morgan fingerprint density at radius 3 is 2.06 bits per heavy atom. The van der Waals surface area contributed by atoms with Crippen molar-refractivity contribution in [3.8, 4) is 5.75 Å². The molecule has 1 aliphatic rings. The Bertz CT molecular complexity index is 903. The highest BCUT2D eigenvalue weighted by Gasteiger charge is 2.41. The second-order valence-corrected chi connectivity index (χ2v) is 8.13. The second kappa shape index (κ2) is 8.99. The summed E-state index contributed by atoms with van der Waals surface area (Å²) in [5.41, 5.74) is -1.40. The lowest BCUT2D eigenvalue weighted by molar-refractivity contribution is -0.227.